The lowest BCUT2D eigenvalue weighted by atomic mass is 9.96. The molecule has 0 bridgehead atoms. The molecule has 8 heteroatoms. The predicted octanol–water partition coefficient (Wildman–Crippen LogP) is 5.04. The third kappa shape index (κ3) is 4.52. The molecule has 0 aliphatic heterocycles. The van der Waals surface area contributed by atoms with E-state index in [-0.39, 0.29) is 11.7 Å². The Morgan fingerprint density at radius 2 is 1.88 bits per heavy atom. The van der Waals surface area contributed by atoms with Gasteiger partial charge in [-0.1, -0.05) is 26.0 Å². The van der Waals surface area contributed by atoms with Crippen molar-refractivity contribution in [2.75, 3.05) is 7.11 Å². The van der Waals surface area contributed by atoms with Gasteiger partial charge in [0.2, 0.25) is 0 Å². The summed E-state index contributed by atoms with van der Waals surface area (Å²) in [6.45, 7) is 4.59. The van der Waals surface area contributed by atoms with Gasteiger partial charge in [-0.15, -0.1) is 11.3 Å². The van der Waals surface area contributed by atoms with Gasteiger partial charge in [-0.25, -0.2) is 14.2 Å². The van der Waals surface area contributed by atoms with E-state index in [1.54, 1.807) is 24.3 Å². The quantitative estimate of drug-likeness (QED) is 0.388. The predicted molar refractivity (Wildman–Crippen MR) is 127 cm³/mol. The van der Waals surface area contributed by atoms with Crippen molar-refractivity contribution in [1.82, 2.24) is 9.55 Å². The van der Waals surface area contributed by atoms with Crippen LogP contribution in [0, 0.1) is 11.7 Å². The van der Waals surface area contributed by atoms with Crippen LogP contribution >= 0.6 is 11.3 Å². The number of ether oxygens (including phenoxy) is 1. The van der Waals surface area contributed by atoms with E-state index in [4.69, 9.17) is 15.5 Å². The summed E-state index contributed by atoms with van der Waals surface area (Å²) in [7, 11) is 1.33. The number of thiophene rings is 1. The molecule has 170 valence electrons. The monoisotopic (exact) mass is 465 g/mol. The molecular formula is C25H24FN3O3S. The van der Waals surface area contributed by atoms with Gasteiger partial charge in [0.05, 0.1) is 18.4 Å². The van der Waals surface area contributed by atoms with E-state index < -0.39 is 11.9 Å². The number of methoxy groups -OCH3 is 1. The second-order valence-corrected chi connectivity index (χ2v) is 9.32. The first-order valence-electron chi connectivity index (χ1n) is 10.5. The van der Waals surface area contributed by atoms with Gasteiger partial charge in [0.1, 0.15) is 16.3 Å². The molecule has 0 saturated heterocycles. The molecule has 1 aromatic carbocycles. The van der Waals surface area contributed by atoms with Gasteiger partial charge in [0.25, 0.3) is 5.91 Å². The second-order valence-electron chi connectivity index (χ2n) is 8.23. The van der Waals surface area contributed by atoms with E-state index in [9.17, 15) is 14.0 Å². The fraction of sp³-hybridized carbons (Fsp3) is 0.240. The Kier molecular flexibility index (Phi) is 6.29. The second kappa shape index (κ2) is 9.15. The zero-order valence-electron chi connectivity index (χ0n) is 18.6. The van der Waals surface area contributed by atoms with Crippen molar-refractivity contribution < 1.29 is 18.7 Å². The highest BCUT2D eigenvalue weighted by Crippen LogP contribution is 2.38. The first kappa shape index (κ1) is 22.7. The van der Waals surface area contributed by atoms with Crippen molar-refractivity contribution in [3.05, 3.63) is 76.2 Å². The topological polar surface area (TPSA) is 87.2 Å². The highest BCUT2D eigenvalue weighted by Gasteiger charge is 2.24. The van der Waals surface area contributed by atoms with E-state index in [1.165, 1.54) is 30.6 Å². The molecule has 3 heterocycles. The number of fused-ring (bicyclic) bond motifs is 1. The lowest BCUT2D eigenvalue weighted by Gasteiger charge is -2.15. The molecule has 33 heavy (non-hydrogen) atoms. The van der Waals surface area contributed by atoms with Crippen LogP contribution in [0.1, 0.15) is 45.1 Å². The third-order valence-electron chi connectivity index (χ3n) is 5.34. The maximum Gasteiger partial charge on any atom is 0.348 e. The molecule has 3 aromatic heterocycles. The number of carbonyl (C=O) groups excluding carboxylic acids is 2. The Hall–Kier alpha value is -3.52. The molecule has 0 aliphatic rings. The normalized spacial score (nSPS) is 11.3. The average molecular weight is 466 g/mol. The van der Waals surface area contributed by atoms with Gasteiger partial charge in [-0.05, 0) is 48.2 Å². The summed E-state index contributed by atoms with van der Waals surface area (Å²) in [5, 5.41) is 0.761. The average Bonchev–Trinajstić information content (AvgIpc) is 3.41. The standard InChI is InChI=1S/C25H24FN3O3S/c1-14(2)12-18-22(23(27)30)21(19-8-9-20(33-19)25(31)32-3)17-10-11-29(24(17)28-18)13-15-4-6-16(26)7-5-15/h4-11,14H,12-13H2,1-3H3,(H2,27,30). The number of halogens is 1. The lowest BCUT2D eigenvalue weighted by Crippen LogP contribution is -2.18. The molecule has 4 aromatic rings. The zero-order valence-corrected chi connectivity index (χ0v) is 19.4. The Morgan fingerprint density at radius 3 is 2.52 bits per heavy atom. The molecule has 4 rings (SSSR count). The molecule has 6 nitrogen and oxygen atoms in total. The molecule has 0 saturated carbocycles. The molecule has 0 atom stereocenters. The highest BCUT2D eigenvalue weighted by molar-refractivity contribution is 7.17. The van der Waals surface area contributed by atoms with Crippen LogP contribution in [0.25, 0.3) is 21.5 Å². The Labute approximate surface area is 194 Å². The van der Waals surface area contributed by atoms with Crippen molar-refractivity contribution in [3.8, 4) is 10.4 Å². The number of rotatable bonds is 7. The summed E-state index contributed by atoms with van der Waals surface area (Å²) in [5.41, 5.74) is 9.12. The zero-order chi connectivity index (χ0) is 23.7. The summed E-state index contributed by atoms with van der Waals surface area (Å²) >= 11 is 1.25. The van der Waals surface area contributed by atoms with Crippen molar-refractivity contribution >= 4 is 34.2 Å². The number of aromatic nitrogens is 2. The number of hydrogen-bond donors (Lipinski definition) is 1. The Morgan fingerprint density at radius 1 is 1.15 bits per heavy atom. The van der Waals surface area contributed by atoms with Crippen LogP contribution in [0.15, 0.2) is 48.7 Å². The van der Waals surface area contributed by atoms with E-state index in [2.05, 4.69) is 0 Å². The number of nitrogens with two attached hydrogens (primary N) is 1. The lowest BCUT2D eigenvalue weighted by molar-refractivity contribution is 0.0606. The van der Waals surface area contributed by atoms with Crippen molar-refractivity contribution in [2.24, 2.45) is 11.7 Å². The molecule has 0 unspecified atom stereocenters. The largest absolute Gasteiger partial charge is 0.465 e. The van der Waals surface area contributed by atoms with E-state index in [1.807, 2.05) is 30.7 Å². The Bertz CT molecular complexity index is 1340. The van der Waals surface area contributed by atoms with Gasteiger partial charge in [0, 0.05) is 28.6 Å². The summed E-state index contributed by atoms with van der Waals surface area (Å²) in [6.07, 6.45) is 2.46. The molecule has 0 spiro atoms. The van der Waals surface area contributed by atoms with Gasteiger partial charge in [-0.3, -0.25) is 4.79 Å². The summed E-state index contributed by atoms with van der Waals surface area (Å²) in [6, 6.07) is 11.7. The van der Waals surface area contributed by atoms with Crippen LogP contribution in [0.2, 0.25) is 0 Å². The fourth-order valence-electron chi connectivity index (χ4n) is 3.90. The van der Waals surface area contributed by atoms with Crippen LogP contribution in [-0.2, 0) is 17.7 Å². The van der Waals surface area contributed by atoms with E-state index in [0.29, 0.717) is 40.3 Å². The maximum atomic E-state index is 13.3. The fourth-order valence-corrected chi connectivity index (χ4v) is 4.89. The van der Waals surface area contributed by atoms with Crippen LogP contribution in [0.5, 0.6) is 0 Å². The number of primary amides is 1. The minimum Gasteiger partial charge on any atom is -0.465 e. The molecule has 0 aliphatic carbocycles. The summed E-state index contributed by atoms with van der Waals surface area (Å²) in [5.74, 6) is -1.04. The van der Waals surface area contributed by atoms with Crippen LogP contribution in [0.4, 0.5) is 4.39 Å². The van der Waals surface area contributed by atoms with Gasteiger partial charge in [-0.2, -0.15) is 0 Å². The molecular weight excluding hydrogens is 441 g/mol. The van der Waals surface area contributed by atoms with Crippen LogP contribution in [0.3, 0.4) is 0 Å². The number of nitrogens with zero attached hydrogens (tertiary/aromatic N) is 2. The van der Waals surface area contributed by atoms with Crippen LogP contribution < -0.4 is 5.73 Å². The number of hydrogen-bond acceptors (Lipinski definition) is 5. The van der Waals surface area contributed by atoms with E-state index >= 15 is 0 Å². The smallest absolute Gasteiger partial charge is 0.348 e. The first-order valence-corrected chi connectivity index (χ1v) is 11.3. The molecule has 0 radical (unpaired) electrons. The maximum absolute atomic E-state index is 13.3. The van der Waals surface area contributed by atoms with Gasteiger partial charge < -0.3 is 15.0 Å². The van der Waals surface area contributed by atoms with Crippen LogP contribution in [-0.4, -0.2) is 28.5 Å². The number of amides is 1. The minimum atomic E-state index is -0.561. The number of benzene rings is 1. The summed E-state index contributed by atoms with van der Waals surface area (Å²) < 4.78 is 20.2. The SMILES string of the molecule is COC(=O)c1ccc(-c2c(C(N)=O)c(CC(C)C)nc3c2ccn3Cc2ccc(F)cc2)s1. The van der Waals surface area contributed by atoms with Crippen molar-refractivity contribution in [2.45, 2.75) is 26.8 Å². The molecule has 1 amide bonds. The van der Waals surface area contributed by atoms with Crippen molar-refractivity contribution in [1.29, 1.82) is 0 Å². The highest BCUT2D eigenvalue weighted by atomic mass is 32.1. The minimum absolute atomic E-state index is 0.246. The van der Waals surface area contributed by atoms with Gasteiger partial charge >= 0.3 is 5.97 Å². The Balaban J connectivity index is 1.94. The van der Waals surface area contributed by atoms with E-state index in [0.717, 1.165) is 15.8 Å². The first-order chi connectivity index (χ1) is 15.8. The third-order valence-corrected chi connectivity index (χ3v) is 6.42. The number of pyridine rings is 1. The molecule has 0 fully saturated rings. The number of carbonyl (C=O) groups is 2. The van der Waals surface area contributed by atoms with Crippen molar-refractivity contribution in [3.63, 3.8) is 0 Å². The van der Waals surface area contributed by atoms with Gasteiger partial charge in [0.15, 0.2) is 0 Å². The summed E-state index contributed by atoms with van der Waals surface area (Å²) in [4.78, 5) is 30.7. The number of esters is 1. The molecule has 2 N–H and O–H groups in total.